The maximum atomic E-state index is 11.8. The second kappa shape index (κ2) is 6.42. The van der Waals surface area contributed by atoms with E-state index in [0.29, 0.717) is 16.7 Å². The fourth-order valence-electron chi connectivity index (χ4n) is 1.12. The molecule has 1 unspecified atom stereocenters. The highest BCUT2D eigenvalue weighted by Crippen LogP contribution is 2.15. The lowest BCUT2D eigenvalue weighted by atomic mass is 10.3. The van der Waals surface area contributed by atoms with Gasteiger partial charge in [-0.15, -0.1) is 6.42 Å². The Morgan fingerprint density at radius 3 is 3.06 bits per heavy atom. The zero-order valence-electron chi connectivity index (χ0n) is 9.74. The highest BCUT2D eigenvalue weighted by atomic mass is 79.9. The summed E-state index contributed by atoms with van der Waals surface area (Å²) >= 11 is 3.23. The van der Waals surface area contributed by atoms with Crippen molar-refractivity contribution in [3.05, 3.63) is 21.0 Å². The Balaban J connectivity index is 2.86. The average molecular weight is 300 g/mol. The second-order valence-corrected chi connectivity index (χ2v) is 4.26. The summed E-state index contributed by atoms with van der Waals surface area (Å²) in [5.74, 6) is 2.37. The largest absolute Gasteiger partial charge is 0.380 e. The van der Waals surface area contributed by atoms with Gasteiger partial charge in [-0.1, -0.05) is 5.92 Å². The van der Waals surface area contributed by atoms with Gasteiger partial charge in [0.2, 0.25) is 0 Å². The maximum Gasteiger partial charge on any atom is 0.284 e. The SMILES string of the molecule is C#CCn1ncc(NCC(C)OC)c(Br)c1=O. The summed E-state index contributed by atoms with van der Waals surface area (Å²) in [6, 6.07) is 0. The summed E-state index contributed by atoms with van der Waals surface area (Å²) < 4.78 is 6.74. The molecule has 0 saturated carbocycles. The van der Waals surface area contributed by atoms with Crippen molar-refractivity contribution in [2.75, 3.05) is 19.0 Å². The number of nitrogens with one attached hydrogen (secondary N) is 1. The molecule has 17 heavy (non-hydrogen) atoms. The van der Waals surface area contributed by atoms with E-state index in [4.69, 9.17) is 11.2 Å². The van der Waals surface area contributed by atoms with Crippen molar-refractivity contribution in [1.82, 2.24) is 9.78 Å². The standard InChI is InChI=1S/C11H14BrN3O2/c1-4-5-15-11(16)10(12)9(7-14-15)13-6-8(2)17-3/h1,7-8,13H,5-6H2,2-3H3. The third-order valence-corrected chi connectivity index (χ3v) is 2.97. The number of anilines is 1. The molecule has 0 aliphatic heterocycles. The molecule has 0 fully saturated rings. The van der Waals surface area contributed by atoms with Gasteiger partial charge in [0.25, 0.3) is 5.56 Å². The number of terminal acetylenes is 1. The quantitative estimate of drug-likeness (QED) is 0.827. The Hall–Kier alpha value is -1.32. The minimum absolute atomic E-state index is 0.0510. The average Bonchev–Trinajstić information content (AvgIpc) is 2.34. The number of hydrogen-bond donors (Lipinski definition) is 1. The van der Waals surface area contributed by atoms with Crippen LogP contribution in [0, 0.1) is 12.3 Å². The molecule has 0 saturated heterocycles. The van der Waals surface area contributed by atoms with E-state index in [1.165, 1.54) is 4.68 Å². The van der Waals surface area contributed by atoms with Crippen molar-refractivity contribution in [2.24, 2.45) is 0 Å². The van der Waals surface area contributed by atoms with Crippen molar-refractivity contribution in [3.8, 4) is 12.3 Å². The normalized spacial score (nSPS) is 11.9. The van der Waals surface area contributed by atoms with E-state index in [9.17, 15) is 4.79 Å². The van der Waals surface area contributed by atoms with Gasteiger partial charge in [0, 0.05) is 13.7 Å². The fraction of sp³-hybridized carbons (Fsp3) is 0.455. The van der Waals surface area contributed by atoms with Crippen LogP contribution in [0.15, 0.2) is 15.5 Å². The molecule has 0 aliphatic carbocycles. The molecule has 0 bridgehead atoms. The Labute approximate surface area is 108 Å². The van der Waals surface area contributed by atoms with Crippen LogP contribution in [0.1, 0.15) is 6.92 Å². The maximum absolute atomic E-state index is 11.8. The Kier molecular flexibility index (Phi) is 5.19. The minimum Gasteiger partial charge on any atom is -0.380 e. The number of rotatable bonds is 5. The van der Waals surface area contributed by atoms with E-state index in [1.807, 2.05) is 6.92 Å². The molecule has 0 aromatic carbocycles. The molecule has 1 heterocycles. The monoisotopic (exact) mass is 299 g/mol. The predicted octanol–water partition coefficient (Wildman–Crippen LogP) is 1.09. The fourth-order valence-corrected chi connectivity index (χ4v) is 1.57. The van der Waals surface area contributed by atoms with E-state index in [0.717, 1.165) is 0 Å². The molecular weight excluding hydrogens is 286 g/mol. The Morgan fingerprint density at radius 1 is 1.76 bits per heavy atom. The summed E-state index contributed by atoms with van der Waals surface area (Å²) in [4.78, 5) is 11.8. The summed E-state index contributed by atoms with van der Waals surface area (Å²) in [5.41, 5.74) is 0.380. The highest BCUT2D eigenvalue weighted by molar-refractivity contribution is 9.10. The van der Waals surface area contributed by atoms with Crippen LogP contribution in [-0.4, -0.2) is 29.5 Å². The summed E-state index contributed by atoms with van der Waals surface area (Å²) in [7, 11) is 1.63. The third-order valence-electron chi connectivity index (χ3n) is 2.21. The van der Waals surface area contributed by atoms with Gasteiger partial charge in [-0.25, -0.2) is 4.68 Å². The van der Waals surface area contributed by atoms with Crippen LogP contribution < -0.4 is 10.9 Å². The van der Waals surface area contributed by atoms with Gasteiger partial charge >= 0.3 is 0 Å². The first-order valence-corrected chi connectivity index (χ1v) is 5.85. The van der Waals surface area contributed by atoms with Crippen LogP contribution in [0.5, 0.6) is 0 Å². The molecule has 1 rings (SSSR count). The van der Waals surface area contributed by atoms with Gasteiger partial charge in [0.1, 0.15) is 11.0 Å². The first-order chi connectivity index (χ1) is 8.10. The first kappa shape index (κ1) is 13.7. The van der Waals surface area contributed by atoms with Gasteiger partial charge in [-0.2, -0.15) is 5.10 Å². The molecule has 1 aromatic heterocycles. The van der Waals surface area contributed by atoms with Crippen LogP contribution in [0.25, 0.3) is 0 Å². The number of methoxy groups -OCH3 is 1. The zero-order chi connectivity index (χ0) is 12.8. The lowest BCUT2D eigenvalue weighted by Gasteiger charge is -2.13. The lowest BCUT2D eigenvalue weighted by molar-refractivity contribution is 0.129. The van der Waals surface area contributed by atoms with Gasteiger partial charge in [0.05, 0.1) is 18.0 Å². The number of hydrogen-bond acceptors (Lipinski definition) is 4. The topological polar surface area (TPSA) is 56.1 Å². The molecule has 0 spiro atoms. The molecule has 0 aliphatic rings. The van der Waals surface area contributed by atoms with Crippen LogP contribution in [0.2, 0.25) is 0 Å². The number of halogens is 1. The molecular formula is C11H14BrN3O2. The molecule has 5 nitrogen and oxygen atoms in total. The van der Waals surface area contributed by atoms with Crippen LogP contribution in [0.4, 0.5) is 5.69 Å². The number of ether oxygens (including phenoxy) is 1. The van der Waals surface area contributed by atoms with Crippen molar-refractivity contribution < 1.29 is 4.74 Å². The van der Waals surface area contributed by atoms with Crippen molar-refractivity contribution >= 4 is 21.6 Å². The van der Waals surface area contributed by atoms with Crippen molar-refractivity contribution in [1.29, 1.82) is 0 Å². The van der Waals surface area contributed by atoms with E-state index >= 15 is 0 Å². The molecule has 1 N–H and O–H groups in total. The van der Waals surface area contributed by atoms with E-state index < -0.39 is 0 Å². The van der Waals surface area contributed by atoms with E-state index in [-0.39, 0.29) is 18.2 Å². The highest BCUT2D eigenvalue weighted by Gasteiger charge is 2.08. The van der Waals surface area contributed by atoms with E-state index in [2.05, 4.69) is 32.3 Å². The predicted molar refractivity (Wildman–Crippen MR) is 70.0 cm³/mol. The molecule has 1 atom stereocenters. The van der Waals surface area contributed by atoms with Crippen LogP contribution in [0.3, 0.4) is 0 Å². The second-order valence-electron chi connectivity index (χ2n) is 3.47. The Bertz CT molecular complexity index is 479. The van der Waals surface area contributed by atoms with Crippen molar-refractivity contribution in [3.63, 3.8) is 0 Å². The van der Waals surface area contributed by atoms with Crippen LogP contribution in [-0.2, 0) is 11.3 Å². The minimum atomic E-state index is -0.252. The molecule has 92 valence electrons. The molecule has 1 aromatic rings. The van der Waals surface area contributed by atoms with Crippen molar-refractivity contribution in [2.45, 2.75) is 19.6 Å². The summed E-state index contributed by atoms with van der Waals surface area (Å²) in [5, 5.41) is 7.04. The van der Waals surface area contributed by atoms with E-state index in [1.54, 1.807) is 13.3 Å². The summed E-state index contributed by atoms with van der Waals surface area (Å²) in [6.07, 6.45) is 6.75. The van der Waals surface area contributed by atoms with Gasteiger partial charge < -0.3 is 10.1 Å². The Morgan fingerprint density at radius 2 is 2.47 bits per heavy atom. The van der Waals surface area contributed by atoms with Crippen LogP contribution >= 0.6 is 15.9 Å². The first-order valence-electron chi connectivity index (χ1n) is 5.06. The number of aromatic nitrogens is 2. The zero-order valence-corrected chi connectivity index (χ0v) is 11.3. The number of nitrogens with zero attached hydrogens (tertiary/aromatic N) is 2. The molecule has 0 amide bonds. The van der Waals surface area contributed by atoms with Gasteiger partial charge in [-0.3, -0.25) is 4.79 Å². The third kappa shape index (κ3) is 3.58. The molecule has 0 radical (unpaired) electrons. The summed E-state index contributed by atoms with van der Waals surface area (Å²) in [6.45, 7) is 2.68. The lowest BCUT2D eigenvalue weighted by Crippen LogP contribution is -2.25. The smallest absolute Gasteiger partial charge is 0.284 e. The molecule has 6 heteroatoms. The van der Waals surface area contributed by atoms with Gasteiger partial charge in [-0.05, 0) is 22.9 Å². The van der Waals surface area contributed by atoms with Gasteiger partial charge in [0.15, 0.2) is 0 Å².